The van der Waals surface area contributed by atoms with Crippen LogP contribution >= 0.6 is 0 Å². The summed E-state index contributed by atoms with van der Waals surface area (Å²) in [5.41, 5.74) is 8.60. The Morgan fingerprint density at radius 2 is 1.91 bits per heavy atom. The maximum atomic E-state index is 13.6. The van der Waals surface area contributed by atoms with Gasteiger partial charge in [-0.25, -0.2) is 4.39 Å². The van der Waals surface area contributed by atoms with Crippen molar-refractivity contribution in [3.05, 3.63) is 59.6 Å². The predicted octanol–water partition coefficient (Wildman–Crippen LogP) is 3.70. The van der Waals surface area contributed by atoms with Gasteiger partial charge in [0.15, 0.2) is 5.76 Å². The minimum atomic E-state index is -0.564. The highest BCUT2D eigenvalue weighted by atomic mass is 19.1. The monoisotopic (exact) mass is 450 g/mol. The van der Waals surface area contributed by atoms with Gasteiger partial charge in [-0.15, -0.1) is 0 Å². The van der Waals surface area contributed by atoms with Crippen LogP contribution in [0.3, 0.4) is 0 Å². The lowest BCUT2D eigenvalue weighted by Gasteiger charge is -2.36. The Bertz CT molecular complexity index is 1200. The topological polar surface area (TPSA) is 91.8 Å². The second-order valence-electron chi connectivity index (χ2n) is 8.79. The largest absolute Gasteiger partial charge is 0.451 e. The van der Waals surface area contributed by atoms with Gasteiger partial charge in [0, 0.05) is 42.9 Å². The number of rotatable bonds is 7. The summed E-state index contributed by atoms with van der Waals surface area (Å²) >= 11 is 0. The molecule has 2 aliphatic rings. The van der Waals surface area contributed by atoms with E-state index in [1.165, 1.54) is 12.1 Å². The van der Waals surface area contributed by atoms with Crippen LogP contribution in [0.25, 0.3) is 11.0 Å². The van der Waals surface area contributed by atoms with Crippen LogP contribution in [0.15, 0.2) is 46.9 Å². The van der Waals surface area contributed by atoms with E-state index in [1.807, 2.05) is 18.2 Å². The number of carbonyl (C=O) groups is 2. The Kier molecular flexibility index (Phi) is 5.76. The first-order chi connectivity index (χ1) is 16.0. The van der Waals surface area contributed by atoms with Gasteiger partial charge in [-0.2, -0.15) is 0 Å². The van der Waals surface area contributed by atoms with Crippen LogP contribution in [-0.2, 0) is 4.79 Å². The molecular formula is C25H27FN4O3. The molecule has 2 aliphatic heterocycles. The number of amides is 2. The van der Waals surface area contributed by atoms with Crippen molar-refractivity contribution < 1.29 is 18.4 Å². The van der Waals surface area contributed by atoms with Crippen LogP contribution < -0.4 is 16.0 Å². The number of fused-ring (bicyclic) bond motifs is 2. The van der Waals surface area contributed by atoms with Gasteiger partial charge in [0.1, 0.15) is 11.4 Å². The summed E-state index contributed by atoms with van der Waals surface area (Å²) < 4.78 is 19.1. The number of carbonyl (C=O) groups excluding carboxylic acids is 2. The smallest absolute Gasteiger partial charge is 0.284 e. The van der Waals surface area contributed by atoms with Gasteiger partial charge < -0.3 is 20.4 Å². The number of unbranched alkanes of at least 4 members (excludes halogenated alkanes) is 1. The predicted molar refractivity (Wildman–Crippen MR) is 125 cm³/mol. The average Bonchev–Trinajstić information content (AvgIpc) is 3.37. The molecule has 5 rings (SSSR count). The SMILES string of the molecule is NC(=O)c1cc2cc(N3CCN(CCCCC4C(=O)Nc5ccc(F)cc54)CC3)ccc2o1. The number of nitrogens with one attached hydrogen (secondary N) is 1. The first-order valence-electron chi connectivity index (χ1n) is 11.4. The summed E-state index contributed by atoms with van der Waals surface area (Å²) in [6.45, 7) is 4.76. The van der Waals surface area contributed by atoms with Crippen LogP contribution in [0.2, 0.25) is 0 Å². The third kappa shape index (κ3) is 4.43. The zero-order valence-corrected chi connectivity index (χ0v) is 18.4. The zero-order chi connectivity index (χ0) is 22.9. The summed E-state index contributed by atoms with van der Waals surface area (Å²) in [6.07, 6.45) is 2.67. The average molecular weight is 451 g/mol. The summed E-state index contributed by atoms with van der Waals surface area (Å²) in [6, 6.07) is 12.1. The number of halogens is 1. The van der Waals surface area contributed by atoms with Crippen molar-refractivity contribution in [2.24, 2.45) is 5.73 Å². The van der Waals surface area contributed by atoms with Crippen molar-refractivity contribution in [2.45, 2.75) is 25.2 Å². The lowest BCUT2D eigenvalue weighted by molar-refractivity contribution is -0.117. The molecule has 0 saturated carbocycles. The quantitative estimate of drug-likeness (QED) is 0.536. The third-order valence-electron chi connectivity index (χ3n) is 6.66. The molecule has 3 N–H and O–H groups in total. The normalized spacial score (nSPS) is 18.5. The van der Waals surface area contributed by atoms with Crippen molar-refractivity contribution in [1.82, 2.24) is 4.90 Å². The highest BCUT2D eigenvalue weighted by Gasteiger charge is 2.30. The van der Waals surface area contributed by atoms with E-state index < -0.39 is 5.91 Å². The first-order valence-corrected chi connectivity index (χ1v) is 11.4. The molecule has 0 radical (unpaired) electrons. The van der Waals surface area contributed by atoms with Crippen molar-refractivity contribution in [3.8, 4) is 0 Å². The number of furan rings is 1. The van der Waals surface area contributed by atoms with Gasteiger partial charge in [0.05, 0.1) is 5.92 Å². The molecular weight excluding hydrogens is 423 g/mol. The number of piperazine rings is 1. The van der Waals surface area contributed by atoms with Crippen LogP contribution in [0, 0.1) is 5.82 Å². The Labute approximate surface area is 191 Å². The number of anilines is 2. The third-order valence-corrected chi connectivity index (χ3v) is 6.66. The van der Waals surface area contributed by atoms with Gasteiger partial charge in [-0.05, 0) is 67.4 Å². The maximum Gasteiger partial charge on any atom is 0.284 e. The highest BCUT2D eigenvalue weighted by molar-refractivity contribution is 6.02. The Morgan fingerprint density at radius 3 is 2.70 bits per heavy atom. The van der Waals surface area contributed by atoms with Crippen molar-refractivity contribution in [3.63, 3.8) is 0 Å². The molecule has 172 valence electrons. The molecule has 7 nitrogen and oxygen atoms in total. The summed E-state index contributed by atoms with van der Waals surface area (Å²) in [5.74, 6) is -0.961. The standard InChI is InChI=1S/C25H27FN4O3/c26-17-4-6-21-20(15-17)19(25(32)28-21)3-1-2-8-29-9-11-30(12-10-29)18-5-7-22-16(13-18)14-23(33-22)24(27)31/h4-7,13-15,19H,1-3,8-12H2,(H2,27,31)(H,28,32). The highest BCUT2D eigenvalue weighted by Crippen LogP contribution is 2.36. The molecule has 2 amide bonds. The summed E-state index contributed by atoms with van der Waals surface area (Å²) in [7, 11) is 0. The van der Waals surface area contributed by atoms with E-state index >= 15 is 0 Å². The van der Waals surface area contributed by atoms with E-state index in [2.05, 4.69) is 15.1 Å². The fourth-order valence-electron chi connectivity index (χ4n) is 4.85. The lowest BCUT2D eigenvalue weighted by Crippen LogP contribution is -2.46. The van der Waals surface area contributed by atoms with Crippen LogP contribution in [0.5, 0.6) is 0 Å². The van der Waals surface area contributed by atoms with Gasteiger partial charge >= 0.3 is 0 Å². The van der Waals surface area contributed by atoms with Crippen molar-refractivity contribution in [2.75, 3.05) is 42.9 Å². The van der Waals surface area contributed by atoms with Crippen LogP contribution in [-0.4, -0.2) is 49.4 Å². The molecule has 8 heteroatoms. The van der Waals surface area contributed by atoms with E-state index in [1.54, 1.807) is 12.1 Å². The lowest BCUT2D eigenvalue weighted by atomic mass is 9.95. The van der Waals surface area contributed by atoms with Gasteiger partial charge in [-0.1, -0.05) is 6.42 Å². The first kappa shape index (κ1) is 21.5. The molecule has 1 atom stereocenters. The fourth-order valence-corrected chi connectivity index (χ4v) is 4.85. The van der Waals surface area contributed by atoms with E-state index in [0.717, 1.165) is 74.3 Å². The molecule has 33 heavy (non-hydrogen) atoms. The second kappa shape index (κ2) is 8.86. The summed E-state index contributed by atoms with van der Waals surface area (Å²) in [4.78, 5) is 28.4. The van der Waals surface area contributed by atoms with Gasteiger partial charge in [0.25, 0.3) is 5.91 Å². The molecule has 2 aromatic carbocycles. The van der Waals surface area contributed by atoms with E-state index in [0.29, 0.717) is 5.58 Å². The second-order valence-corrected chi connectivity index (χ2v) is 8.79. The number of nitrogens with two attached hydrogens (primary N) is 1. The van der Waals surface area contributed by atoms with Crippen molar-refractivity contribution in [1.29, 1.82) is 0 Å². The molecule has 1 aromatic heterocycles. The number of hydrogen-bond acceptors (Lipinski definition) is 5. The molecule has 3 heterocycles. The molecule has 1 fully saturated rings. The molecule has 0 spiro atoms. The van der Waals surface area contributed by atoms with Crippen molar-refractivity contribution >= 4 is 34.2 Å². The van der Waals surface area contributed by atoms with Gasteiger partial charge in [-0.3, -0.25) is 14.5 Å². The number of hydrogen-bond donors (Lipinski definition) is 2. The zero-order valence-electron chi connectivity index (χ0n) is 18.4. The molecule has 1 unspecified atom stereocenters. The molecule has 3 aromatic rings. The maximum absolute atomic E-state index is 13.6. The van der Waals surface area contributed by atoms with Crippen LogP contribution in [0.1, 0.15) is 41.3 Å². The molecule has 0 aliphatic carbocycles. The Balaban J connectivity index is 1.09. The molecule has 1 saturated heterocycles. The van der Waals surface area contributed by atoms with E-state index in [9.17, 15) is 14.0 Å². The Hall–Kier alpha value is -3.39. The van der Waals surface area contributed by atoms with Gasteiger partial charge in [0.2, 0.25) is 5.91 Å². The molecule has 0 bridgehead atoms. The fraction of sp³-hybridized carbons (Fsp3) is 0.360. The minimum absolute atomic E-state index is 0.0262. The number of primary amides is 1. The minimum Gasteiger partial charge on any atom is -0.451 e. The van der Waals surface area contributed by atoms with E-state index in [4.69, 9.17) is 10.2 Å². The van der Waals surface area contributed by atoms with E-state index in [-0.39, 0.29) is 23.4 Å². The summed E-state index contributed by atoms with van der Waals surface area (Å²) in [5, 5.41) is 3.73. The van der Waals surface area contributed by atoms with Crippen LogP contribution in [0.4, 0.5) is 15.8 Å². The number of nitrogens with zero attached hydrogens (tertiary/aromatic N) is 2. The Morgan fingerprint density at radius 1 is 1.09 bits per heavy atom. The number of benzene rings is 2.